The van der Waals surface area contributed by atoms with Gasteiger partial charge < -0.3 is 4.74 Å². The molecule has 0 atom stereocenters. The number of ether oxygens (including phenoxy) is 1. The van der Waals surface area contributed by atoms with Crippen LogP contribution < -0.4 is 0 Å². The van der Waals surface area contributed by atoms with Crippen LogP contribution in [0.3, 0.4) is 0 Å². The van der Waals surface area contributed by atoms with Gasteiger partial charge in [-0.2, -0.15) is 18.3 Å². The average molecular weight is 318 g/mol. The van der Waals surface area contributed by atoms with Crippen molar-refractivity contribution in [2.75, 3.05) is 6.61 Å². The molecule has 0 bridgehead atoms. The highest BCUT2D eigenvalue weighted by Gasteiger charge is 2.39. The number of alkyl halides is 3. The van der Waals surface area contributed by atoms with E-state index >= 15 is 0 Å². The second-order valence-corrected chi connectivity index (χ2v) is 3.85. The van der Waals surface area contributed by atoms with Crippen LogP contribution in [0, 0.1) is 0 Å². The highest BCUT2D eigenvalue weighted by atomic mass is 127. The first-order valence-corrected chi connectivity index (χ1v) is 4.88. The third-order valence-electron chi connectivity index (χ3n) is 2.05. The Kier molecular flexibility index (Phi) is 2.46. The second-order valence-electron chi connectivity index (χ2n) is 2.93. The summed E-state index contributed by atoms with van der Waals surface area (Å²) in [4.78, 5) is 0. The second kappa shape index (κ2) is 3.37. The highest BCUT2D eigenvalue weighted by molar-refractivity contribution is 14.1. The molecule has 2 rings (SSSR count). The Bertz CT molecular complexity index is 361. The van der Waals surface area contributed by atoms with Crippen molar-refractivity contribution in [3.8, 4) is 0 Å². The van der Waals surface area contributed by atoms with Gasteiger partial charge in [-0.25, -0.2) is 2.90 Å². The number of rotatable bonds is 0. The van der Waals surface area contributed by atoms with Crippen molar-refractivity contribution in [1.29, 1.82) is 0 Å². The summed E-state index contributed by atoms with van der Waals surface area (Å²) in [5.74, 6) is 0. The van der Waals surface area contributed by atoms with E-state index in [1.54, 1.807) is 22.9 Å². The standard InChI is InChI=1S/C7H6F3IN2O/c8-7(9,10)6-4-1-2-14-3-5(4)13(11)12-6/h1-3H2. The maximum atomic E-state index is 12.5. The van der Waals surface area contributed by atoms with Gasteiger partial charge >= 0.3 is 6.18 Å². The van der Waals surface area contributed by atoms with Crippen LogP contribution in [-0.4, -0.2) is 14.6 Å². The largest absolute Gasteiger partial charge is 0.435 e. The van der Waals surface area contributed by atoms with Crippen molar-refractivity contribution in [2.24, 2.45) is 0 Å². The first kappa shape index (κ1) is 10.2. The van der Waals surface area contributed by atoms with E-state index in [4.69, 9.17) is 4.74 Å². The van der Waals surface area contributed by atoms with Crippen molar-refractivity contribution in [3.63, 3.8) is 0 Å². The summed E-state index contributed by atoms with van der Waals surface area (Å²) in [7, 11) is 0. The van der Waals surface area contributed by atoms with E-state index in [9.17, 15) is 13.2 Å². The number of fused-ring (bicyclic) bond motifs is 1. The van der Waals surface area contributed by atoms with E-state index < -0.39 is 11.9 Å². The number of hydrogen-bond donors (Lipinski definition) is 0. The molecular weight excluding hydrogens is 312 g/mol. The summed E-state index contributed by atoms with van der Waals surface area (Å²) in [6.45, 7) is 0.541. The molecular formula is C7H6F3IN2O. The van der Waals surface area contributed by atoms with Crippen LogP contribution in [-0.2, 0) is 23.9 Å². The zero-order chi connectivity index (χ0) is 10.3. The molecule has 0 spiro atoms. The van der Waals surface area contributed by atoms with Crippen LogP contribution in [0.1, 0.15) is 17.0 Å². The van der Waals surface area contributed by atoms with Crippen molar-refractivity contribution in [1.82, 2.24) is 7.99 Å². The predicted octanol–water partition coefficient (Wildman–Crippen LogP) is 2.17. The van der Waals surface area contributed by atoms with Crippen LogP contribution in [0.15, 0.2) is 0 Å². The molecule has 1 aromatic heterocycles. The van der Waals surface area contributed by atoms with Crippen molar-refractivity contribution >= 4 is 22.9 Å². The average Bonchev–Trinajstić information content (AvgIpc) is 2.44. The Morgan fingerprint density at radius 2 is 2.14 bits per heavy atom. The molecule has 78 valence electrons. The van der Waals surface area contributed by atoms with E-state index in [0.29, 0.717) is 12.3 Å². The van der Waals surface area contributed by atoms with Gasteiger partial charge in [0.2, 0.25) is 0 Å². The third-order valence-corrected chi connectivity index (χ3v) is 2.85. The number of nitrogens with zero attached hydrogens (tertiary/aromatic N) is 2. The summed E-state index contributed by atoms with van der Waals surface area (Å²) >= 11 is 1.73. The minimum atomic E-state index is -4.36. The molecule has 0 N–H and O–H groups in total. The van der Waals surface area contributed by atoms with Crippen LogP contribution in [0.2, 0.25) is 0 Å². The molecule has 2 heterocycles. The van der Waals surface area contributed by atoms with E-state index in [0.717, 1.165) is 0 Å². The molecule has 1 aromatic rings. The van der Waals surface area contributed by atoms with Crippen molar-refractivity contribution in [3.05, 3.63) is 17.0 Å². The quantitative estimate of drug-likeness (QED) is 0.686. The molecule has 14 heavy (non-hydrogen) atoms. The topological polar surface area (TPSA) is 27.1 Å². The van der Waals surface area contributed by atoms with Gasteiger partial charge in [-0.1, -0.05) is 0 Å². The van der Waals surface area contributed by atoms with E-state index in [2.05, 4.69) is 5.10 Å². The van der Waals surface area contributed by atoms with Gasteiger partial charge in [-0.3, -0.25) is 0 Å². The molecule has 0 saturated carbocycles. The Hall–Kier alpha value is -0.310. The number of aromatic nitrogens is 2. The van der Waals surface area contributed by atoms with Gasteiger partial charge in [-0.05, 0) is 6.42 Å². The van der Waals surface area contributed by atoms with E-state index in [-0.39, 0.29) is 18.6 Å². The Balaban J connectivity index is 2.52. The minimum Gasteiger partial charge on any atom is -0.375 e. The van der Waals surface area contributed by atoms with Gasteiger partial charge in [0.1, 0.15) is 0 Å². The van der Waals surface area contributed by atoms with Gasteiger partial charge in [0, 0.05) is 5.56 Å². The van der Waals surface area contributed by atoms with Crippen LogP contribution >= 0.6 is 22.9 Å². The lowest BCUT2D eigenvalue weighted by Crippen LogP contribution is -2.14. The van der Waals surface area contributed by atoms with Crippen LogP contribution in [0.25, 0.3) is 0 Å². The lowest BCUT2D eigenvalue weighted by Gasteiger charge is -2.13. The first-order valence-electron chi connectivity index (χ1n) is 3.92. The maximum absolute atomic E-state index is 12.5. The van der Waals surface area contributed by atoms with Gasteiger partial charge in [0.05, 0.1) is 41.8 Å². The number of halogens is 4. The summed E-state index contributed by atoms with van der Waals surface area (Å²) < 4.78 is 43.7. The van der Waals surface area contributed by atoms with Gasteiger partial charge in [-0.15, -0.1) is 0 Å². The van der Waals surface area contributed by atoms with Crippen molar-refractivity contribution < 1.29 is 17.9 Å². The molecule has 0 aliphatic carbocycles. The fourth-order valence-electron chi connectivity index (χ4n) is 1.43. The third kappa shape index (κ3) is 1.62. The molecule has 0 fully saturated rings. The van der Waals surface area contributed by atoms with E-state index in [1.165, 1.54) is 2.90 Å². The van der Waals surface area contributed by atoms with Gasteiger partial charge in [0.25, 0.3) is 0 Å². The molecule has 7 heteroatoms. The minimum absolute atomic E-state index is 0.210. The fraction of sp³-hybridized carbons (Fsp3) is 0.571. The normalized spacial score (nSPS) is 16.9. The van der Waals surface area contributed by atoms with Crippen molar-refractivity contribution in [2.45, 2.75) is 19.2 Å². The smallest absolute Gasteiger partial charge is 0.375 e. The molecule has 1 aliphatic heterocycles. The lowest BCUT2D eigenvalue weighted by atomic mass is 10.1. The predicted molar refractivity (Wildman–Crippen MR) is 50.0 cm³/mol. The molecule has 0 amide bonds. The SMILES string of the molecule is FC(F)(F)c1nn(I)c2c1CCOC2. The molecule has 1 aliphatic rings. The Morgan fingerprint density at radius 1 is 1.43 bits per heavy atom. The maximum Gasteiger partial charge on any atom is 0.435 e. The molecule has 0 aromatic carbocycles. The van der Waals surface area contributed by atoms with Crippen LogP contribution in [0.5, 0.6) is 0 Å². The monoisotopic (exact) mass is 318 g/mol. The summed E-state index contributed by atoms with van der Waals surface area (Å²) in [6, 6.07) is 0. The van der Waals surface area contributed by atoms with Crippen LogP contribution in [0.4, 0.5) is 13.2 Å². The summed E-state index contributed by atoms with van der Waals surface area (Å²) in [6.07, 6.45) is -4.08. The zero-order valence-electron chi connectivity index (χ0n) is 6.94. The van der Waals surface area contributed by atoms with Gasteiger partial charge in [0.15, 0.2) is 5.69 Å². The Morgan fingerprint density at radius 3 is 2.79 bits per heavy atom. The molecule has 0 saturated heterocycles. The molecule has 0 unspecified atom stereocenters. The van der Waals surface area contributed by atoms with E-state index in [1.807, 2.05) is 0 Å². The lowest BCUT2D eigenvalue weighted by molar-refractivity contribution is -0.142. The fourth-order valence-corrected chi connectivity index (χ4v) is 2.08. The molecule has 3 nitrogen and oxygen atoms in total. The first-order chi connectivity index (χ1) is 6.50. The Labute approximate surface area is 91.7 Å². The number of hydrogen-bond acceptors (Lipinski definition) is 2. The summed E-state index contributed by atoms with van der Waals surface area (Å²) in [5.41, 5.74) is 0.0209. The zero-order valence-corrected chi connectivity index (χ0v) is 9.09. The highest BCUT2D eigenvalue weighted by Crippen LogP contribution is 2.34. The summed E-state index contributed by atoms with van der Waals surface area (Å²) in [5, 5.41) is 3.46. The molecule has 0 radical (unpaired) electrons.